The van der Waals surface area contributed by atoms with Gasteiger partial charge in [-0.2, -0.15) is 0 Å². The fourth-order valence-electron chi connectivity index (χ4n) is 2.89. The molecule has 110 valence electrons. The summed E-state index contributed by atoms with van der Waals surface area (Å²) in [6.07, 6.45) is 1.30. The molecule has 2 aromatic rings. The molecule has 0 spiro atoms. The summed E-state index contributed by atoms with van der Waals surface area (Å²) < 4.78 is 27.3. The summed E-state index contributed by atoms with van der Waals surface area (Å²) >= 11 is 0. The number of carboxylic acids is 1. The van der Waals surface area contributed by atoms with Crippen molar-refractivity contribution in [2.24, 2.45) is 0 Å². The molecule has 0 radical (unpaired) electrons. The number of aryl methyl sites for hydroxylation is 1. The van der Waals surface area contributed by atoms with Gasteiger partial charge in [0.05, 0.1) is 0 Å². The topological polar surface area (TPSA) is 53.4 Å². The fraction of sp³-hybridized carbons (Fsp3) is 0.333. The number of pyridine rings is 1. The summed E-state index contributed by atoms with van der Waals surface area (Å²) in [5.41, 5.74) is 1.07. The third-order valence-corrected chi connectivity index (χ3v) is 3.83. The number of aromatic nitrogens is 1. The van der Waals surface area contributed by atoms with E-state index in [1.54, 1.807) is 17.9 Å². The van der Waals surface area contributed by atoms with Crippen LogP contribution in [0, 0.1) is 18.6 Å². The number of hydrogen-bond acceptors (Lipinski definition) is 3. The molecule has 1 aromatic carbocycles. The summed E-state index contributed by atoms with van der Waals surface area (Å²) in [6.45, 7) is 2.26. The van der Waals surface area contributed by atoms with Crippen LogP contribution in [0.1, 0.15) is 18.5 Å². The number of carboxylic acid groups (broad SMARTS) is 1. The molecule has 3 rings (SSSR count). The highest BCUT2D eigenvalue weighted by molar-refractivity contribution is 5.94. The predicted octanol–water partition coefficient (Wildman–Crippen LogP) is 2.87. The van der Waals surface area contributed by atoms with E-state index < -0.39 is 23.6 Å². The van der Waals surface area contributed by atoms with Crippen molar-refractivity contribution in [3.63, 3.8) is 0 Å². The number of fused-ring (bicyclic) bond motifs is 1. The van der Waals surface area contributed by atoms with Crippen molar-refractivity contribution in [1.29, 1.82) is 0 Å². The molecular weight excluding hydrogens is 278 g/mol. The molecule has 2 heterocycles. The third kappa shape index (κ3) is 2.20. The van der Waals surface area contributed by atoms with Crippen LogP contribution in [0.2, 0.25) is 0 Å². The Morgan fingerprint density at radius 3 is 2.90 bits per heavy atom. The molecule has 0 amide bonds. The summed E-state index contributed by atoms with van der Waals surface area (Å²) in [6, 6.07) is 3.58. The largest absolute Gasteiger partial charge is 0.480 e. The number of hydrogen-bond donors (Lipinski definition) is 1. The summed E-state index contributed by atoms with van der Waals surface area (Å²) in [7, 11) is 0. The SMILES string of the molecule is Cc1cc(N2CCC[C@H]2C(=O)O)c2ccc(F)c(F)c2n1. The number of benzene rings is 1. The number of aliphatic carboxylic acids is 1. The number of rotatable bonds is 2. The molecule has 1 aromatic heterocycles. The highest BCUT2D eigenvalue weighted by atomic mass is 19.2. The Balaban J connectivity index is 2.23. The van der Waals surface area contributed by atoms with Gasteiger partial charge in [-0.3, -0.25) is 0 Å². The minimum absolute atomic E-state index is 0.0546. The van der Waals surface area contributed by atoms with Crippen LogP contribution in [0.4, 0.5) is 14.5 Å². The normalized spacial score (nSPS) is 18.4. The van der Waals surface area contributed by atoms with E-state index >= 15 is 0 Å². The molecule has 0 saturated carbocycles. The van der Waals surface area contributed by atoms with Crippen LogP contribution in [0.15, 0.2) is 18.2 Å². The summed E-state index contributed by atoms with van der Waals surface area (Å²) in [5, 5.41) is 9.73. The quantitative estimate of drug-likeness (QED) is 0.924. The molecule has 1 aliphatic rings. The van der Waals surface area contributed by atoms with Crippen LogP contribution in [0.25, 0.3) is 10.9 Å². The Bertz CT molecular complexity index is 733. The van der Waals surface area contributed by atoms with Gasteiger partial charge < -0.3 is 10.0 Å². The van der Waals surface area contributed by atoms with Crippen molar-refractivity contribution >= 4 is 22.6 Å². The van der Waals surface area contributed by atoms with E-state index in [1.807, 2.05) is 0 Å². The molecule has 1 N–H and O–H groups in total. The Morgan fingerprint density at radius 1 is 1.43 bits per heavy atom. The average molecular weight is 292 g/mol. The van der Waals surface area contributed by atoms with Crippen LogP contribution in [-0.4, -0.2) is 28.6 Å². The van der Waals surface area contributed by atoms with Gasteiger partial charge in [-0.1, -0.05) is 0 Å². The van der Waals surface area contributed by atoms with E-state index in [2.05, 4.69) is 4.98 Å². The molecule has 6 heteroatoms. The van der Waals surface area contributed by atoms with Crippen molar-refractivity contribution in [2.45, 2.75) is 25.8 Å². The monoisotopic (exact) mass is 292 g/mol. The maximum atomic E-state index is 13.9. The standard InChI is InChI=1S/C15H14F2N2O2/c1-8-7-12(19-6-2-3-11(19)15(20)21)9-4-5-10(16)13(17)14(9)18-8/h4-5,7,11H,2-3,6H2,1H3,(H,20,21)/t11-/m0/s1. The van der Waals surface area contributed by atoms with Gasteiger partial charge in [0.2, 0.25) is 0 Å². The minimum atomic E-state index is -0.997. The summed E-state index contributed by atoms with van der Waals surface area (Å²) in [4.78, 5) is 17.1. The lowest BCUT2D eigenvalue weighted by Crippen LogP contribution is -2.36. The van der Waals surface area contributed by atoms with E-state index in [0.717, 1.165) is 12.5 Å². The van der Waals surface area contributed by atoms with Crippen molar-refractivity contribution in [3.8, 4) is 0 Å². The molecular formula is C15H14F2N2O2. The molecule has 1 saturated heterocycles. The van der Waals surface area contributed by atoms with Crippen molar-refractivity contribution in [1.82, 2.24) is 4.98 Å². The smallest absolute Gasteiger partial charge is 0.326 e. The lowest BCUT2D eigenvalue weighted by molar-refractivity contribution is -0.138. The van der Waals surface area contributed by atoms with Crippen molar-refractivity contribution in [3.05, 3.63) is 35.5 Å². The second kappa shape index (κ2) is 4.95. The van der Waals surface area contributed by atoms with Crippen molar-refractivity contribution < 1.29 is 18.7 Å². The highest BCUT2D eigenvalue weighted by Crippen LogP contribution is 2.33. The zero-order valence-electron chi connectivity index (χ0n) is 11.4. The Morgan fingerprint density at radius 2 is 2.19 bits per heavy atom. The van der Waals surface area contributed by atoms with E-state index in [0.29, 0.717) is 29.7 Å². The number of anilines is 1. The van der Waals surface area contributed by atoms with Crippen molar-refractivity contribution in [2.75, 3.05) is 11.4 Å². The third-order valence-electron chi connectivity index (χ3n) is 3.83. The first-order valence-electron chi connectivity index (χ1n) is 6.74. The molecule has 1 aliphatic heterocycles. The van der Waals surface area contributed by atoms with Gasteiger partial charge in [0.15, 0.2) is 11.6 Å². The second-order valence-electron chi connectivity index (χ2n) is 5.23. The highest BCUT2D eigenvalue weighted by Gasteiger charge is 2.32. The van der Waals surface area contributed by atoms with Crippen LogP contribution in [0.5, 0.6) is 0 Å². The van der Waals surface area contributed by atoms with Crippen LogP contribution >= 0.6 is 0 Å². The van der Waals surface area contributed by atoms with Gasteiger partial charge in [0.1, 0.15) is 11.6 Å². The molecule has 21 heavy (non-hydrogen) atoms. The van der Waals surface area contributed by atoms with Gasteiger partial charge in [0, 0.05) is 23.3 Å². The first kappa shape index (κ1) is 13.7. The molecule has 0 bridgehead atoms. The molecule has 0 unspecified atom stereocenters. The van der Waals surface area contributed by atoms with E-state index in [4.69, 9.17) is 0 Å². The number of halogens is 2. The van der Waals surface area contributed by atoms with Crippen LogP contribution < -0.4 is 4.90 Å². The zero-order chi connectivity index (χ0) is 15.1. The maximum Gasteiger partial charge on any atom is 0.326 e. The van der Waals surface area contributed by atoms with E-state index in [9.17, 15) is 18.7 Å². The number of nitrogens with zero attached hydrogens (tertiary/aromatic N) is 2. The maximum absolute atomic E-state index is 13.9. The average Bonchev–Trinajstić information content (AvgIpc) is 2.92. The Kier molecular flexibility index (Phi) is 3.23. The van der Waals surface area contributed by atoms with E-state index in [-0.39, 0.29) is 5.52 Å². The fourth-order valence-corrected chi connectivity index (χ4v) is 2.89. The van der Waals surface area contributed by atoms with Gasteiger partial charge in [-0.05, 0) is 38.0 Å². The second-order valence-corrected chi connectivity index (χ2v) is 5.23. The lowest BCUT2D eigenvalue weighted by Gasteiger charge is -2.25. The Labute approximate surface area is 120 Å². The van der Waals surface area contributed by atoms with Gasteiger partial charge >= 0.3 is 5.97 Å². The minimum Gasteiger partial charge on any atom is -0.480 e. The van der Waals surface area contributed by atoms with Gasteiger partial charge in [-0.25, -0.2) is 18.6 Å². The Hall–Kier alpha value is -2.24. The predicted molar refractivity (Wildman–Crippen MR) is 74.4 cm³/mol. The first-order chi connectivity index (χ1) is 9.99. The molecule has 0 aliphatic carbocycles. The van der Waals surface area contributed by atoms with E-state index in [1.165, 1.54) is 6.07 Å². The molecule has 1 fully saturated rings. The first-order valence-corrected chi connectivity index (χ1v) is 6.74. The summed E-state index contributed by atoms with van der Waals surface area (Å²) in [5.74, 6) is -2.86. The number of carbonyl (C=O) groups is 1. The van der Waals surface area contributed by atoms with Crippen LogP contribution in [-0.2, 0) is 4.79 Å². The zero-order valence-corrected chi connectivity index (χ0v) is 11.4. The lowest BCUT2D eigenvalue weighted by atomic mass is 10.1. The van der Waals surface area contributed by atoms with Crippen LogP contribution in [0.3, 0.4) is 0 Å². The van der Waals surface area contributed by atoms with Gasteiger partial charge in [-0.15, -0.1) is 0 Å². The van der Waals surface area contributed by atoms with Gasteiger partial charge in [0.25, 0.3) is 0 Å². The molecule has 4 nitrogen and oxygen atoms in total. The molecule has 1 atom stereocenters.